The second kappa shape index (κ2) is 5.22. The van der Waals surface area contributed by atoms with Crippen molar-refractivity contribution in [2.75, 3.05) is 0 Å². The molecule has 0 bridgehead atoms. The molecule has 0 atom stereocenters. The third-order valence-electron chi connectivity index (χ3n) is 4.24. The van der Waals surface area contributed by atoms with Gasteiger partial charge in [0.05, 0.1) is 0 Å². The van der Waals surface area contributed by atoms with Crippen LogP contribution < -0.4 is 5.32 Å². The van der Waals surface area contributed by atoms with Crippen molar-refractivity contribution in [1.82, 2.24) is 20.5 Å². The fourth-order valence-electron chi connectivity index (χ4n) is 2.74. The van der Waals surface area contributed by atoms with E-state index >= 15 is 0 Å². The van der Waals surface area contributed by atoms with Gasteiger partial charge in [-0.1, -0.05) is 17.4 Å². The molecule has 104 valence electrons. The molecule has 2 aliphatic rings. The topological polar surface area (TPSA) is 50.7 Å². The standard InChI is InChI=1S/C15H18N4S/c1-2-11(8-16-5-1)12-6-13(7-12)17-9-14-18-19-15(20-14)10-3-4-10/h1-2,5,8,10,12-13,17H,3-4,6-7,9H2. The van der Waals surface area contributed by atoms with Crippen molar-refractivity contribution in [2.24, 2.45) is 0 Å². The van der Waals surface area contributed by atoms with Crippen LogP contribution in [-0.4, -0.2) is 21.2 Å². The zero-order chi connectivity index (χ0) is 13.4. The molecule has 5 heteroatoms. The minimum Gasteiger partial charge on any atom is -0.308 e. The summed E-state index contributed by atoms with van der Waals surface area (Å²) < 4.78 is 0. The summed E-state index contributed by atoms with van der Waals surface area (Å²) in [5, 5.41) is 14.5. The van der Waals surface area contributed by atoms with Gasteiger partial charge >= 0.3 is 0 Å². The van der Waals surface area contributed by atoms with Crippen LogP contribution in [0.4, 0.5) is 0 Å². The third-order valence-corrected chi connectivity index (χ3v) is 5.33. The van der Waals surface area contributed by atoms with E-state index in [0.717, 1.165) is 17.5 Å². The summed E-state index contributed by atoms with van der Waals surface area (Å²) in [4.78, 5) is 4.19. The number of nitrogens with zero attached hydrogens (tertiary/aromatic N) is 3. The predicted molar refractivity (Wildman–Crippen MR) is 78.7 cm³/mol. The summed E-state index contributed by atoms with van der Waals surface area (Å²) >= 11 is 1.78. The molecular formula is C15H18N4S. The molecule has 0 amide bonds. The Hall–Kier alpha value is -1.33. The molecule has 2 aromatic heterocycles. The van der Waals surface area contributed by atoms with E-state index in [1.165, 1.54) is 36.3 Å². The van der Waals surface area contributed by atoms with Crippen LogP contribution in [0.2, 0.25) is 0 Å². The first kappa shape index (κ1) is 12.4. The number of hydrogen-bond acceptors (Lipinski definition) is 5. The highest BCUT2D eigenvalue weighted by Crippen LogP contribution is 2.41. The van der Waals surface area contributed by atoms with E-state index in [1.807, 2.05) is 18.5 Å². The van der Waals surface area contributed by atoms with Gasteiger partial charge in [0.25, 0.3) is 0 Å². The van der Waals surface area contributed by atoms with Gasteiger partial charge in [-0.2, -0.15) is 0 Å². The van der Waals surface area contributed by atoms with Crippen LogP contribution >= 0.6 is 11.3 Å². The molecule has 4 rings (SSSR count). The lowest BCUT2D eigenvalue weighted by atomic mass is 9.76. The van der Waals surface area contributed by atoms with Gasteiger partial charge in [0, 0.05) is 30.9 Å². The van der Waals surface area contributed by atoms with Crippen LogP contribution in [0, 0.1) is 0 Å². The van der Waals surface area contributed by atoms with Crippen LogP contribution in [0.1, 0.15) is 53.1 Å². The molecule has 0 aromatic carbocycles. The maximum Gasteiger partial charge on any atom is 0.131 e. The maximum absolute atomic E-state index is 4.28. The Balaban J connectivity index is 1.25. The maximum atomic E-state index is 4.28. The van der Waals surface area contributed by atoms with Gasteiger partial charge in [0.1, 0.15) is 10.0 Å². The molecule has 0 radical (unpaired) electrons. The fraction of sp³-hybridized carbons (Fsp3) is 0.533. The highest BCUT2D eigenvalue weighted by molar-refractivity contribution is 7.11. The quantitative estimate of drug-likeness (QED) is 0.918. The van der Waals surface area contributed by atoms with Crippen molar-refractivity contribution in [3.63, 3.8) is 0 Å². The van der Waals surface area contributed by atoms with Crippen LogP contribution in [0.5, 0.6) is 0 Å². The van der Waals surface area contributed by atoms with Crippen molar-refractivity contribution >= 4 is 11.3 Å². The molecule has 2 saturated carbocycles. The van der Waals surface area contributed by atoms with Gasteiger partial charge in [-0.15, -0.1) is 10.2 Å². The number of hydrogen-bond donors (Lipinski definition) is 1. The molecule has 0 aliphatic heterocycles. The Kier molecular flexibility index (Phi) is 3.24. The summed E-state index contributed by atoms with van der Waals surface area (Å²) in [5.74, 6) is 1.40. The molecule has 0 spiro atoms. The molecule has 4 nitrogen and oxygen atoms in total. The van der Waals surface area contributed by atoms with Crippen LogP contribution in [0.15, 0.2) is 24.5 Å². The van der Waals surface area contributed by atoms with Gasteiger partial charge in [-0.05, 0) is 43.2 Å². The first-order valence-electron chi connectivity index (χ1n) is 7.34. The second-order valence-electron chi connectivity index (χ2n) is 5.84. The lowest BCUT2D eigenvalue weighted by Crippen LogP contribution is -2.39. The van der Waals surface area contributed by atoms with Crippen molar-refractivity contribution in [1.29, 1.82) is 0 Å². The lowest BCUT2D eigenvalue weighted by Gasteiger charge is -2.36. The number of aromatic nitrogens is 3. The van der Waals surface area contributed by atoms with E-state index in [4.69, 9.17) is 0 Å². The van der Waals surface area contributed by atoms with Gasteiger partial charge in [0.2, 0.25) is 0 Å². The number of pyridine rings is 1. The Bertz CT molecular complexity index is 573. The summed E-state index contributed by atoms with van der Waals surface area (Å²) in [6.07, 6.45) is 8.85. The molecule has 20 heavy (non-hydrogen) atoms. The van der Waals surface area contributed by atoms with Gasteiger partial charge in [0.15, 0.2) is 0 Å². The highest BCUT2D eigenvalue weighted by atomic mass is 32.1. The molecule has 0 saturated heterocycles. The molecule has 0 unspecified atom stereocenters. The Morgan fingerprint density at radius 2 is 2.10 bits per heavy atom. The highest BCUT2D eigenvalue weighted by Gasteiger charge is 2.31. The van der Waals surface area contributed by atoms with E-state index in [-0.39, 0.29) is 0 Å². The summed E-state index contributed by atoms with van der Waals surface area (Å²) in [5.41, 5.74) is 1.37. The minimum atomic E-state index is 0.619. The van der Waals surface area contributed by atoms with Crippen LogP contribution in [-0.2, 0) is 6.54 Å². The van der Waals surface area contributed by atoms with Gasteiger partial charge in [-0.25, -0.2) is 0 Å². The minimum absolute atomic E-state index is 0.619. The van der Waals surface area contributed by atoms with Gasteiger partial charge in [-0.3, -0.25) is 4.98 Å². The number of rotatable bonds is 5. The molecule has 2 aromatic rings. The predicted octanol–water partition coefficient (Wildman–Crippen LogP) is 2.85. The average Bonchev–Trinajstić information content (AvgIpc) is 3.18. The van der Waals surface area contributed by atoms with E-state index in [1.54, 1.807) is 11.3 Å². The first-order chi connectivity index (χ1) is 9.88. The molecular weight excluding hydrogens is 268 g/mol. The number of nitrogens with one attached hydrogen (secondary N) is 1. The molecule has 2 aliphatic carbocycles. The molecule has 2 fully saturated rings. The second-order valence-corrected chi connectivity index (χ2v) is 6.93. The zero-order valence-corrected chi connectivity index (χ0v) is 12.1. The van der Waals surface area contributed by atoms with E-state index in [2.05, 4.69) is 26.6 Å². The van der Waals surface area contributed by atoms with E-state index in [9.17, 15) is 0 Å². The van der Waals surface area contributed by atoms with Gasteiger partial charge < -0.3 is 5.32 Å². The molecule has 1 N–H and O–H groups in total. The first-order valence-corrected chi connectivity index (χ1v) is 8.15. The van der Waals surface area contributed by atoms with Crippen molar-refractivity contribution in [3.8, 4) is 0 Å². The monoisotopic (exact) mass is 286 g/mol. The normalized spacial score (nSPS) is 25.4. The van der Waals surface area contributed by atoms with E-state index in [0.29, 0.717) is 12.0 Å². The average molecular weight is 286 g/mol. The van der Waals surface area contributed by atoms with E-state index < -0.39 is 0 Å². The Labute approximate surface area is 122 Å². The van der Waals surface area contributed by atoms with Crippen molar-refractivity contribution in [3.05, 3.63) is 40.1 Å². The van der Waals surface area contributed by atoms with Crippen LogP contribution in [0.3, 0.4) is 0 Å². The summed E-state index contributed by atoms with van der Waals surface area (Å²) in [7, 11) is 0. The lowest BCUT2D eigenvalue weighted by molar-refractivity contribution is 0.289. The summed E-state index contributed by atoms with van der Waals surface area (Å²) in [6, 6.07) is 4.82. The SMILES string of the molecule is c1cncc(C2CC(NCc3nnc(C4CC4)s3)C2)c1. The van der Waals surface area contributed by atoms with Crippen molar-refractivity contribution in [2.45, 2.75) is 50.1 Å². The fourth-order valence-corrected chi connectivity index (χ4v) is 3.70. The smallest absolute Gasteiger partial charge is 0.131 e. The Morgan fingerprint density at radius 1 is 1.20 bits per heavy atom. The Morgan fingerprint density at radius 3 is 2.85 bits per heavy atom. The third kappa shape index (κ3) is 2.60. The largest absolute Gasteiger partial charge is 0.308 e. The van der Waals surface area contributed by atoms with Crippen LogP contribution in [0.25, 0.3) is 0 Å². The van der Waals surface area contributed by atoms with Crippen molar-refractivity contribution < 1.29 is 0 Å². The molecule has 2 heterocycles. The summed E-state index contributed by atoms with van der Waals surface area (Å²) in [6.45, 7) is 0.870. The zero-order valence-electron chi connectivity index (χ0n) is 11.3.